The van der Waals surface area contributed by atoms with Crippen molar-refractivity contribution in [3.05, 3.63) is 59.2 Å². The van der Waals surface area contributed by atoms with E-state index in [-0.39, 0.29) is 23.6 Å². The number of ether oxygens (including phenoxy) is 1. The molecule has 1 saturated heterocycles. The van der Waals surface area contributed by atoms with Crippen molar-refractivity contribution < 1.29 is 19.7 Å². The van der Waals surface area contributed by atoms with Crippen LogP contribution in [-0.2, 0) is 0 Å². The van der Waals surface area contributed by atoms with E-state index in [1.54, 1.807) is 12.1 Å². The van der Waals surface area contributed by atoms with Gasteiger partial charge in [-0.2, -0.15) is 0 Å². The van der Waals surface area contributed by atoms with Crippen LogP contribution in [0.5, 0.6) is 11.5 Å². The molecule has 0 unspecified atom stereocenters. The van der Waals surface area contributed by atoms with Crippen molar-refractivity contribution in [2.24, 2.45) is 5.92 Å². The molecule has 1 aliphatic heterocycles. The van der Waals surface area contributed by atoms with Gasteiger partial charge in [-0.1, -0.05) is 37.1 Å². The highest BCUT2D eigenvalue weighted by molar-refractivity contribution is 5.96. The topological polar surface area (TPSA) is 70.0 Å². The summed E-state index contributed by atoms with van der Waals surface area (Å²) in [6.45, 7) is 2.46. The Labute approximate surface area is 171 Å². The van der Waals surface area contributed by atoms with Gasteiger partial charge in [0.25, 0.3) is 5.91 Å². The summed E-state index contributed by atoms with van der Waals surface area (Å²) in [6.07, 6.45) is 4.31. The summed E-state index contributed by atoms with van der Waals surface area (Å²) < 4.78 is 5.32. The van der Waals surface area contributed by atoms with Crippen LogP contribution < -0.4 is 4.74 Å². The Kier molecular flexibility index (Phi) is 5.26. The molecular formula is C24H29NO4. The van der Waals surface area contributed by atoms with E-state index >= 15 is 0 Å². The molecule has 0 aromatic heterocycles. The largest absolute Gasteiger partial charge is 0.504 e. The van der Waals surface area contributed by atoms with Gasteiger partial charge in [-0.15, -0.1) is 0 Å². The molecule has 3 atom stereocenters. The van der Waals surface area contributed by atoms with Gasteiger partial charge in [0.15, 0.2) is 11.5 Å². The first-order valence-corrected chi connectivity index (χ1v) is 10.4. The van der Waals surface area contributed by atoms with E-state index in [0.29, 0.717) is 24.3 Å². The second-order valence-electron chi connectivity index (χ2n) is 8.40. The molecule has 0 spiro atoms. The maximum absolute atomic E-state index is 13.6. The SMILES string of the molecule is COc1cc([C@@H]2[C@H]3CCCC[C@]3(O)CCN2C(=O)c2ccccc2C)ccc1O. The fraction of sp³-hybridized carbons (Fsp3) is 0.458. The number of aromatic hydroxyl groups is 1. The number of aryl methyl sites for hydroxylation is 1. The number of likely N-dealkylation sites (tertiary alicyclic amines) is 1. The number of hydrogen-bond donors (Lipinski definition) is 2. The number of aliphatic hydroxyl groups is 1. The number of carbonyl (C=O) groups is 1. The Morgan fingerprint density at radius 2 is 1.97 bits per heavy atom. The van der Waals surface area contributed by atoms with E-state index in [4.69, 9.17) is 4.74 Å². The van der Waals surface area contributed by atoms with Crippen molar-refractivity contribution >= 4 is 5.91 Å². The smallest absolute Gasteiger partial charge is 0.254 e. The maximum Gasteiger partial charge on any atom is 0.254 e. The van der Waals surface area contributed by atoms with Crippen molar-refractivity contribution in [2.75, 3.05) is 13.7 Å². The van der Waals surface area contributed by atoms with Crippen molar-refractivity contribution in [3.8, 4) is 11.5 Å². The van der Waals surface area contributed by atoms with Gasteiger partial charge in [-0.25, -0.2) is 0 Å². The first kappa shape index (κ1) is 19.8. The highest BCUT2D eigenvalue weighted by Crippen LogP contribution is 2.50. The fourth-order valence-electron chi connectivity index (χ4n) is 5.17. The maximum atomic E-state index is 13.6. The van der Waals surface area contributed by atoms with Crippen LogP contribution in [0, 0.1) is 12.8 Å². The van der Waals surface area contributed by atoms with Gasteiger partial charge in [-0.3, -0.25) is 4.79 Å². The van der Waals surface area contributed by atoms with Crippen LogP contribution in [0.15, 0.2) is 42.5 Å². The van der Waals surface area contributed by atoms with Crippen LogP contribution >= 0.6 is 0 Å². The molecule has 2 aromatic rings. The average Bonchev–Trinajstić information content (AvgIpc) is 2.73. The Balaban J connectivity index is 1.79. The molecule has 1 amide bonds. The van der Waals surface area contributed by atoms with Crippen LogP contribution in [0.2, 0.25) is 0 Å². The number of phenols is 1. The van der Waals surface area contributed by atoms with Gasteiger partial charge < -0.3 is 19.8 Å². The van der Waals surface area contributed by atoms with E-state index in [1.807, 2.05) is 42.2 Å². The first-order chi connectivity index (χ1) is 13.9. The summed E-state index contributed by atoms with van der Waals surface area (Å²) >= 11 is 0. The number of benzene rings is 2. The Morgan fingerprint density at radius 3 is 2.72 bits per heavy atom. The van der Waals surface area contributed by atoms with Gasteiger partial charge in [0.05, 0.1) is 18.8 Å². The highest BCUT2D eigenvalue weighted by Gasteiger charge is 2.50. The lowest BCUT2D eigenvalue weighted by molar-refractivity contribution is -0.115. The summed E-state index contributed by atoms with van der Waals surface area (Å²) in [5.41, 5.74) is 1.79. The normalized spacial score (nSPS) is 26.7. The zero-order chi connectivity index (χ0) is 20.6. The molecule has 2 aliphatic rings. The number of piperidine rings is 1. The van der Waals surface area contributed by atoms with E-state index in [1.165, 1.54) is 7.11 Å². The predicted octanol–water partition coefficient (Wildman–Crippen LogP) is 4.22. The minimum absolute atomic E-state index is 0.00670. The van der Waals surface area contributed by atoms with Crippen LogP contribution in [0.4, 0.5) is 0 Å². The quantitative estimate of drug-likeness (QED) is 0.816. The lowest BCUT2D eigenvalue weighted by Gasteiger charge is -2.52. The monoisotopic (exact) mass is 395 g/mol. The molecule has 2 N–H and O–H groups in total. The van der Waals surface area contributed by atoms with E-state index in [9.17, 15) is 15.0 Å². The summed E-state index contributed by atoms with van der Waals surface area (Å²) in [5.74, 6) is 0.415. The number of methoxy groups -OCH3 is 1. The number of rotatable bonds is 3. The van der Waals surface area contributed by atoms with E-state index in [0.717, 1.165) is 36.8 Å². The molecule has 1 heterocycles. The molecule has 1 aliphatic carbocycles. The van der Waals surface area contributed by atoms with E-state index < -0.39 is 5.60 Å². The molecule has 2 fully saturated rings. The molecular weight excluding hydrogens is 366 g/mol. The molecule has 5 heteroatoms. The first-order valence-electron chi connectivity index (χ1n) is 10.4. The fourth-order valence-corrected chi connectivity index (χ4v) is 5.17. The number of phenolic OH excluding ortho intramolecular Hbond substituents is 1. The number of carbonyl (C=O) groups excluding carboxylic acids is 1. The molecule has 1 saturated carbocycles. The van der Waals surface area contributed by atoms with Gasteiger partial charge in [0.1, 0.15) is 0 Å². The molecule has 4 rings (SSSR count). The van der Waals surface area contributed by atoms with Gasteiger partial charge >= 0.3 is 0 Å². The Morgan fingerprint density at radius 1 is 1.17 bits per heavy atom. The summed E-state index contributed by atoms with van der Waals surface area (Å²) in [6, 6.07) is 12.7. The molecule has 0 bridgehead atoms. The lowest BCUT2D eigenvalue weighted by atomic mass is 9.66. The zero-order valence-corrected chi connectivity index (χ0v) is 17.1. The molecule has 5 nitrogen and oxygen atoms in total. The summed E-state index contributed by atoms with van der Waals surface area (Å²) in [5, 5.41) is 21.5. The van der Waals surface area contributed by atoms with Gasteiger partial charge in [-0.05, 0) is 55.5 Å². The lowest BCUT2D eigenvalue weighted by Crippen LogP contribution is -2.56. The highest BCUT2D eigenvalue weighted by atomic mass is 16.5. The molecule has 154 valence electrons. The second kappa shape index (κ2) is 7.71. The third kappa shape index (κ3) is 3.48. The van der Waals surface area contributed by atoms with E-state index in [2.05, 4.69) is 0 Å². The number of amides is 1. The minimum Gasteiger partial charge on any atom is -0.504 e. The van der Waals surface area contributed by atoms with Crippen LogP contribution in [-0.4, -0.2) is 40.3 Å². The molecule has 0 radical (unpaired) electrons. The number of fused-ring (bicyclic) bond motifs is 1. The summed E-state index contributed by atoms with van der Waals surface area (Å²) in [4.78, 5) is 15.5. The Bertz CT molecular complexity index is 912. The van der Waals surface area contributed by atoms with Crippen molar-refractivity contribution in [2.45, 2.75) is 50.7 Å². The van der Waals surface area contributed by atoms with Crippen molar-refractivity contribution in [1.29, 1.82) is 0 Å². The average molecular weight is 395 g/mol. The number of nitrogens with zero attached hydrogens (tertiary/aromatic N) is 1. The zero-order valence-electron chi connectivity index (χ0n) is 17.1. The molecule has 2 aromatic carbocycles. The Hall–Kier alpha value is -2.53. The van der Waals surface area contributed by atoms with Crippen LogP contribution in [0.3, 0.4) is 0 Å². The van der Waals surface area contributed by atoms with Crippen molar-refractivity contribution in [3.63, 3.8) is 0 Å². The van der Waals surface area contributed by atoms with Crippen LogP contribution in [0.1, 0.15) is 59.6 Å². The summed E-state index contributed by atoms with van der Waals surface area (Å²) in [7, 11) is 1.52. The van der Waals surface area contributed by atoms with Gasteiger partial charge in [0.2, 0.25) is 0 Å². The van der Waals surface area contributed by atoms with Crippen molar-refractivity contribution in [1.82, 2.24) is 4.90 Å². The number of hydrogen-bond acceptors (Lipinski definition) is 4. The second-order valence-corrected chi connectivity index (χ2v) is 8.40. The third-order valence-electron chi connectivity index (χ3n) is 6.75. The molecule has 29 heavy (non-hydrogen) atoms. The van der Waals surface area contributed by atoms with Crippen LogP contribution in [0.25, 0.3) is 0 Å². The standard InChI is InChI=1S/C24H29NO4/c1-16-7-3-4-8-18(16)23(27)25-14-13-24(28)12-6-5-9-19(24)22(25)17-10-11-20(26)21(15-17)29-2/h3-4,7-8,10-11,15,19,22,26,28H,5-6,9,12-14H2,1-2H3/t19-,22-,24+/m1/s1. The predicted molar refractivity (Wildman–Crippen MR) is 111 cm³/mol. The van der Waals surface area contributed by atoms with Gasteiger partial charge in [0, 0.05) is 18.0 Å². The minimum atomic E-state index is -0.753. The third-order valence-corrected chi connectivity index (χ3v) is 6.75.